The number of carbonyl (C=O) groups is 2. The Morgan fingerprint density at radius 2 is 1.67 bits per heavy atom. The third kappa shape index (κ3) is 5.23. The number of rotatable bonds is 6. The zero-order chi connectivity index (χ0) is 17.5. The first kappa shape index (κ1) is 17.7. The molecule has 2 rings (SSSR count). The lowest BCUT2D eigenvalue weighted by Crippen LogP contribution is -2.32. The van der Waals surface area contributed by atoms with Gasteiger partial charge in [-0.3, -0.25) is 9.59 Å². The summed E-state index contributed by atoms with van der Waals surface area (Å²) in [7, 11) is 0. The van der Waals surface area contributed by atoms with Gasteiger partial charge >= 0.3 is 0 Å². The van der Waals surface area contributed by atoms with Crippen LogP contribution in [-0.4, -0.2) is 11.8 Å². The van der Waals surface area contributed by atoms with Gasteiger partial charge in [0.15, 0.2) is 0 Å². The molecule has 2 aromatic carbocycles. The molecule has 0 unspecified atom stereocenters. The topological polar surface area (TPSA) is 58.2 Å². The highest BCUT2D eigenvalue weighted by Gasteiger charge is 2.17. The summed E-state index contributed by atoms with van der Waals surface area (Å²) in [6, 6.07) is 15.5. The normalized spacial score (nSPS) is 11.6. The van der Waals surface area contributed by atoms with Crippen LogP contribution in [0.25, 0.3) is 0 Å². The van der Waals surface area contributed by atoms with Gasteiger partial charge in [-0.05, 0) is 30.5 Å². The maximum absolute atomic E-state index is 12.3. The Kier molecular flexibility index (Phi) is 6.13. The number of hydrogen-bond acceptors (Lipinski definition) is 2. The Hall–Kier alpha value is -2.62. The van der Waals surface area contributed by atoms with Crippen LogP contribution in [0, 0.1) is 13.8 Å². The van der Waals surface area contributed by atoms with E-state index in [1.165, 1.54) is 6.92 Å². The van der Waals surface area contributed by atoms with Crippen molar-refractivity contribution in [1.29, 1.82) is 0 Å². The van der Waals surface area contributed by atoms with E-state index >= 15 is 0 Å². The van der Waals surface area contributed by atoms with Crippen molar-refractivity contribution in [3.05, 3.63) is 70.8 Å². The molecule has 0 bridgehead atoms. The fourth-order valence-corrected chi connectivity index (χ4v) is 2.56. The third-order valence-electron chi connectivity index (χ3n) is 3.98. The fourth-order valence-electron chi connectivity index (χ4n) is 2.56. The van der Waals surface area contributed by atoms with Crippen molar-refractivity contribution < 1.29 is 9.59 Å². The summed E-state index contributed by atoms with van der Waals surface area (Å²) < 4.78 is 0. The van der Waals surface area contributed by atoms with E-state index in [4.69, 9.17) is 0 Å². The zero-order valence-electron chi connectivity index (χ0n) is 14.4. The quantitative estimate of drug-likeness (QED) is 0.857. The highest BCUT2D eigenvalue weighted by molar-refractivity contribution is 5.79. The monoisotopic (exact) mass is 324 g/mol. The summed E-state index contributed by atoms with van der Waals surface area (Å²) in [5.74, 6) is -0.232. The molecule has 4 nitrogen and oxygen atoms in total. The lowest BCUT2D eigenvalue weighted by atomic mass is 10.0. The largest absolute Gasteiger partial charge is 0.352 e. The van der Waals surface area contributed by atoms with Crippen LogP contribution >= 0.6 is 0 Å². The number of nitrogens with one attached hydrogen (secondary N) is 2. The van der Waals surface area contributed by atoms with E-state index < -0.39 is 0 Å². The third-order valence-corrected chi connectivity index (χ3v) is 3.98. The summed E-state index contributed by atoms with van der Waals surface area (Å²) in [4.78, 5) is 23.8. The van der Waals surface area contributed by atoms with Crippen molar-refractivity contribution in [2.24, 2.45) is 0 Å². The van der Waals surface area contributed by atoms with Crippen LogP contribution in [0.1, 0.15) is 41.6 Å². The van der Waals surface area contributed by atoms with Crippen molar-refractivity contribution in [2.75, 3.05) is 0 Å². The SMILES string of the molecule is CC(=O)N[C@@H](CC(=O)NCc1ccccc1C)c1ccc(C)cc1. The van der Waals surface area contributed by atoms with E-state index in [-0.39, 0.29) is 24.3 Å². The molecule has 0 spiro atoms. The van der Waals surface area contributed by atoms with Crippen LogP contribution in [0.3, 0.4) is 0 Å². The van der Waals surface area contributed by atoms with Gasteiger partial charge in [0.05, 0.1) is 12.5 Å². The van der Waals surface area contributed by atoms with E-state index in [2.05, 4.69) is 10.6 Å². The maximum atomic E-state index is 12.3. The molecule has 2 aromatic rings. The predicted molar refractivity (Wildman–Crippen MR) is 95.4 cm³/mol. The molecule has 0 aliphatic carbocycles. The van der Waals surface area contributed by atoms with Gasteiger partial charge in [-0.25, -0.2) is 0 Å². The van der Waals surface area contributed by atoms with E-state index in [1.54, 1.807) is 0 Å². The van der Waals surface area contributed by atoms with Crippen molar-refractivity contribution in [3.63, 3.8) is 0 Å². The Morgan fingerprint density at radius 1 is 1.00 bits per heavy atom. The second-order valence-electron chi connectivity index (χ2n) is 6.07. The molecule has 2 amide bonds. The molecule has 126 valence electrons. The van der Waals surface area contributed by atoms with Crippen LogP contribution in [0.2, 0.25) is 0 Å². The highest BCUT2D eigenvalue weighted by atomic mass is 16.2. The average molecular weight is 324 g/mol. The van der Waals surface area contributed by atoms with E-state index in [9.17, 15) is 9.59 Å². The Morgan fingerprint density at radius 3 is 2.29 bits per heavy atom. The highest BCUT2D eigenvalue weighted by Crippen LogP contribution is 2.18. The van der Waals surface area contributed by atoms with Crippen LogP contribution in [0.5, 0.6) is 0 Å². The first-order valence-electron chi connectivity index (χ1n) is 8.10. The van der Waals surface area contributed by atoms with Crippen molar-refractivity contribution in [1.82, 2.24) is 10.6 Å². The van der Waals surface area contributed by atoms with Crippen molar-refractivity contribution in [3.8, 4) is 0 Å². The van der Waals surface area contributed by atoms with Gasteiger partial charge in [0, 0.05) is 13.5 Å². The first-order chi connectivity index (χ1) is 11.5. The van der Waals surface area contributed by atoms with E-state index in [0.717, 1.165) is 22.3 Å². The van der Waals surface area contributed by atoms with Gasteiger partial charge in [-0.15, -0.1) is 0 Å². The smallest absolute Gasteiger partial charge is 0.222 e. The van der Waals surface area contributed by atoms with Crippen LogP contribution in [0.15, 0.2) is 48.5 Å². The summed E-state index contributed by atoms with van der Waals surface area (Å²) in [5.41, 5.74) is 4.32. The summed E-state index contributed by atoms with van der Waals surface area (Å²) in [5, 5.41) is 5.79. The summed E-state index contributed by atoms with van der Waals surface area (Å²) >= 11 is 0. The second-order valence-corrected chi connectivity index (χ2v) is 6.07. The number of amides is 2. The number of benzene rings is 2. The van der Waals surface area contributed by atoms with E-state index in [1.807, 2.05) is 62.4 Å². The molecule has 4 heteroatoms. The number of aryl methyl sites for hydroxylation is 2. The van der Waals surface area contributed by atoms with Gasteiger partial charge < -0.3 is 10.6 Å². The molecule has 1 atom stereocenters. The number of carbonyl (C=O) groups excluding carboxylic acids is 2. The minimum atomic E-state index is -0.319. The molecule has 2 N–H and O–H groups in total. The van der Waals surface area contributed by atoms with Crippen LogP contribution < -0.4 is 10.6 Å². The first-order valence-corrected chi connectivity index (χ1v) is 8.10. The molecule has 0 aliphatic rings. The van der Waals surface area contributed by atoms with E-state index in [0.29, 0.717) is 6.54 Å². The average Bonchev–Trinajstić information content (AvgIpc) is 2.54. The summed E-state index contributed by atoms with van der Waals surface area (Å²) in [6.07, 6.45) is 0.217. The molecular formula is C20H24N2O2. The fraction of sp³-hybridized carbons (Fsp3) is 0.300. The van der Waals surface area contributed by atoms with Crippen molar-refractivity contribution >= 4 is 11.8 Å². The second kappa shape index (κ2) is 8.29. The molecular weight excluding hydrogens is 300 g/mol. The molecule has 0 saturated heterocycles. The Bertz CT molecular complexity index is 708. The molecule has 0 aromatic heterocycles. The Balaban J connectivity index is 2.00. The standard InChI is InChI=1S/C20H24N2O2/c1-14-8-10-17(11-9-14)19(22-16(3)23)12-20(24)21-13-18-7-5-4-6-15(18)2/h4-11,19H,12-13H2,1-3H3,(H,21,24)(H,22,23)/t19-/m0/s1. The molecule has 0 fully saturated rings. The molecule has 0 heterocycles. The van der Waals surface area contributed by atoms with Crippen LogP contribution in [0.4, 0.5) is 0 Å². The minimum absolute atomic E-state index is 0.0856. The van der Waals surface area contributed by atoms with Crippen LogP contribution in [-0.2, 0) is 16.1 Å². The van der Waals surface area contributed by atoms with Gasteiger partial charge in [0.2, 0.25) is 11.8 Å². The maximum Gasteiger partial charge on any atom is 0.222 e. The van der Waals surface area contributed by atoms with Crippen molar-refractivity contribution in [2.45, 2.75) is 39.8 Å². The Labute approximate surface area is 143 Å². The lowest BCUT2D eigenvalue weighted by Gasteiger charge is -2.18. The predicted octanol–water partition coefficient (Wildman–Crippen LogP) is 3.19. The molecule has 0 aliphatic heterocycles. The lowest BCUT2D eigenvalue weighted by molar-refractivity contribution is -0.122. The molecule has 0 saturated carbocycles. The molecule has 0 radical (unpaired) electrons. The van der Waals surface area contributed by atoms with Gasteiger partial charge in [-0.1, -0.05) is 54.1 Å². The minimum Gasteiger partial charge on any atom is -0.352 e. The number of hydrogen-bond donors (Lipinski definition) is 2. The van der Waals surface area contributed by atoms with Gasteiger partial charge in [0.25, 0.3) is 0 Å². The zero-order valence-corrected chi connectivity index (χ0v) is 14.4. The summed E-state index contributed by atoms with van der Waals surface area (Å²) in [6.45, 7) is 5.98. The molecule has 24 heavy (non-hydrogen) atoms. The van der Waals surface area contributed by atoms with Gasteiger partial charge in [-0.2, -0.15) is 0 Å². The van der Waals surface area contributed by atoms with Gasteiger partial charge in [0.1, 0.15) is 0 Å².